The molecule has 0 spiro atoms. The number of sulfonamides is 1. The molecule has 1 aromatic carbocycles. The van der Waals surface area contributed by atoms with Gasteiger partial charge in [-0.05, 0) is 63.1 Å². The Morgan fingerprint density at radius 1 is 0.864 bits per heavy atom. The van der Waals surface area contributed by atoms with Crippen molar-refractivity contribution in [3.8, 4) is 0 Å². The smallest absolute Gasteiger partial charge is 0.282 e. The summed E-state index contributed by atoms with van der Waals surface area (Å²) < 4.78 is 28.8. The number of benzene rings is 1. The summed E-state index contributed by atoms with van der Waals surface area (Å²) in [5.41, 5.74) is 2.56. The number of carbonyl (C=O) groups is 1. The second-order valence-electron chi connectivity index (χ2n) is 5.20. The summed E-state index contributed by atoms with van der Waals surface area (Å²) >= 11 is 5.77. The van der Waals surface area contributed by atoms with E-state index >= 15 is 0 Å². The predicted molar refractivity (Wildman–Crippen MR) is 87.8 cm³/mol. The molecule has 0 amide bonds. The lowest BCUT2D eigenvalue weighted by molar-refractivity contribution is -0.112. The van der Waals surface area contributed by atoms with Crippen molar-refractivity contribution in [3.05, 3.63) is 51.6 Å². The normalized spacial score (nSPS) is 16.4. The molecule has 0 bridgehead atoms. The van der Waals surface area contributed by atoms with Crippen molar-refractivity contribution in [3.63, 3.8) is 0 Å². The molecule has 0 atom stereocenters. The molecule has 0 saturated carbocycles. The van der Waals surface area contributed by atoms with Gasteiger partial charge in [-0.3, -0.25) is 4.79 Å². The number of Topliss-reactive ketones (excluding diaryl/α,β-unsaturated/α-hetero) is 1. The van der Waals surface area contributed by atoms with Crippen LogP contribution >= 0.6 is 11.6 Å². The van der Waals surface area contributed by atoms with Crippen LogP contribution in [0.25, 0.3) is 0 Å². The largest absolute Gasteiger partial charge is 0.289 e. The van der Waals surface area contributed by atoms with E-state index in [2.05, 4.69) is 4.40 Å². The van der Waals surface area contributed by atoms with Gasteiger partial charge in [-0.1, -0.05) is 11.6 Å². The monoisotopic (exact) mass is 337 g/mol. The van der Waals surface area contributed by atoms with Crippen LogP contribution in [0.15, 0.2) is 55.9 Å². The van der Waals surface area contributed by atoms with E-state index < -0.39 is 10.0 Å². The van der Waals surface area contributed by atoms with Gasteiger partial charge in [0.25, 0.3) is 10.0 Å². The Labute approximate surface area is 135 Å². The Morgan fingerprint density at radius 3 is 1.77 bits per heavy atom. The maximum absolute atomic E-state index is 12.4. The van der Waals surface area contributed by atoms with Gasteiger partial charge in [0.2, 0.25) is 0 Å². The summed E-state index contributed by atoms with van der Waals surface area (Å²) in [4.78, 5) is 12.1. The first-order valence-electron chi connectivity index (χ1n) is 6.66. The zero-order valence-electron chi connectivity index (χ0n) is 12.8. The Hall–Kier alpha value is -1.72. The van der Waals surface area contributed by atoms with E-state index in [1.54, 1.807) is 27.7 Å². The van der Waals surface area contributed by atoms with Gasteiger partial charge in [-0.15, -0.1) is 0 Å². The average Bonchev–Trinajstić information content (AvgIpc) is 2.48. The molecule has 1 aliphatic rings. The van der Waals surface area contributed by atoms with Crippen LogP contribution in [-0.4, -0.2) is 19.9 Å². The lowest BCUT2D eigenvalue weighted by atomic mass is 9.86. The first-order valence-corrected chi connectivity index (χ1v) is 8.48. The number of allylic oxidation sites excluding steroid dienone is 4. The summed E-state index contributed by atoms with van der Waals surface area (Å²) in [6.07, 6.45) is 0. The number of ketones is 1. The lowest BCUT2D eigenvalue weighted by Gasteiger charge is -2.19. The van der Waals surface area contributed by atoms with Crippen LogP contribution < -0.4 is 0 Å². The maximum atomic E-state index is 12.4. The maximum Gasteiger partial charge on any atom is 0.282 e. The Balaban J connectivity index is 2.61. The quantitative estimate of drug-likeness (QED) is 0.772. The second kappa shape index (κ2) is 5.82. The van der Waals surface area contributed by atoms with Gasteiger partial charge in [0.1, 0.15) is 0 Å². The van der Waals surface area contributed by atoms with E-state index in [0.717, 1.165) is 0 Å². The minimum atomic E-state index is -3.86. The van der Waals surface area contributed by atoms with E-state index in [4.69, 9.17) is 11.6 Å². The van der Waals surface area contributed by atoms with E-state index in [1.807, 2.05) is 0 Å². The molecule has 6 heteroatoms. The van der Waals surface area contributed by atoms with Crippen molar-refractivity contribution in [2.24, 2.45) is 4.40 Å². The Morgan fingerprint density at radius 2 is 1.32 bits per heavy atom. The molecule has 0 saturated heterocycles. The SMILES string of the molecule is CC1=C(C)C(=NS(=O)(=O)c2ccc(Cl)cc2)C(C)=C(C)C1=O. The molecule has 4 nitrogen and oxygen atoms in total. The molecule has 2 rings (SSSR count). The zero-order valence-corrected chi connectivity index (χ0v) is 14.3. The van der Waals surface area contributed by atoms with Crippen LogP contribution in [0, 0.1) is 0 Å². The highest BCUT2D eigenvalue weighted by atomic mass is 35.5. The number of carbonyl (C=O) groups excluding carboxylic acids is 1. The summed E-state index contributed by atoms with van der Waals surface area (Å²) in [6.45, 7) is 6.77. The first-order chi connectivity index (χ1) is 10.1. The van der Waals surface area contributed by atoms with E-state index in [0.29, 0.717) is 33.0 Å². The number of hydrogen-bond donors (Lipinski definition) is 0. The minimum absolute atomic E-state index is 0.0669. The fourth-order valence-corrected chi connectivity index (χ4v) is 3.40. The van der Waals surface area contributed by atoms with Gasteiger partial charge in [-0.2, -0.15) is 12.8 Å². The molecule has 0 fully saturated rings. The minimum Gasteiger partial charge on any atom is -0.289 e. The fraction of sp³-hybridized carbons (Fsp3) is 0.250. The molecule has 22 heavy (non-hydrogen) atoms. The predicted octanol–water partition coefficient (Wildman–Crippen LogP) is 3.73. The van der Waals surface area contributed by atoms with Gasteiger partial charge in [0, 0.05) is 16.2 Å². The average molecular weight is 338 g/mol. The number of hydrogen-bond acceptors (Lipinski definition) is 3. The summed E-state index contributed by atoms with van der Waals surface area (Å²) in [7, 11) is -3.86. The number of nitrogens with zero attached hydrogens (tertiary/aromatic N) is 1. The third-order valence-corrected chi connectivity index (χ3v) is 5.38. The van der Waals surface area contributed by atoms with Gasteiger partial charge >= 0.3 is 0 Å². The van der Waals surface area contributed by atoms with Crippen molar-refractivity contribution < 1.29 is 13.2 Å². The van der Waals surface area contributed by atoms with Gasteiger partial charge < -0.3 is 0 Å². The van der Waals surface area contributed by atoms with Crippen molar-refractivity contribution in [2.75, 3.05) is 0 Å². The van der Waals surface area contributed by atoms with Crippen LogP contribution in [0.3, 0.4) is 0 Å². The van der Waals surface area contributed by atoms with Crippen LogP contribution in [-0.2, 0) is 14.8 Å². The third kappa shape index (κ3) is 2.91. The standard InChI is InChI=1S/C16H16ClNO3S/c1-9-11(3)16(19)12(4)10(2)15(9)18-22(20,21)14-7-5-13(17)6-8-14/h5-8H,1-4H3. The highest BCUT2D eigenvalue weighted by Gasteiger charge is 2.26. The van der Waals surface area contributed by atoms with E-state index in [9.17, 15) is 13.2 Å². The molecule has 0 aromatic heterocycles. The molecule has 116 valence electrons. The van der Waals surface area contributed by atoms with E-state index in [1.165, 1.54) is 24.3 Å². The molecular formula is C16H16ClNO3S. The second-order valence-corrected chi connectivity index (χ2v) is 7.24. The van der Waals surface area contributed by atoms with Crippen LogP contribution in [0.4, 0.5) is 0 Å². The molecule has 1 aromatic rings. The zero-order chi connectivity index (χ0) is 16.7. The third-order valence-electron chi connectivity index (χ3n) is 3.84. The number of halogens is 1. The molecule has 0 radical (unpaired) electrons. The van der Waals surface area contributed by atoms with Crippen molar-refractivity contribution in [1.82, 2.24) is 0 Å². The fourth-order valence-electron chi connectivity index (χ4n) is 2.17. The van der Waals surface area contributed by atoms with Crippen molar-refractivity contribution in [2.45, 2.75) is 32.6 Å². The topological polar surface area (TPSA) is 63.6 Å². The van der Waals surface area contributed by atoms with Gasteiger partial charge in [0.15, 0.2) is 5.78 Å². The van der Waals surface area contributed by atoms with Gasteiger partial charge in [-0.25, -0.2) is 0 Å². The molecule has 1 aliphatic carbocycles. The first kappa shape index (κ1) is 16.6. The Kier molecular flexibility index (Phi) is 4.40. The van der Waals surface area contributed by atoms with Crippen molar-refractivity contribution in [1.29, 1.82) is 0 Å². The van der Waals surface area contributed by atoms with E-state index in [-0.39, 0.29) is 10.7 Å². The molecular weight excluding hydrogens is 322 g/mol. The van der Waals surface area contributed by atoms with Gasteiger partial charge in [0.05, 0.1) is 10.6 Å². The summed E-state index contributed by atoms with van der Waals surface area (Å²) in [5, 5.41) is 0.453. The summed E-state index contributed by atoms with van der Waals surface area (Å²) in [6, 6.07) is 5.82. The van der Waals surface area contributed by atoms with Crippen LogP contribution in [0.2, 0.25) is 5.02 Å². The van der Waals surface area contributed by atoms with Crippen LogP contribution in [0.5, 0.6) is 0 Å². The molecule has 0 unspecified atom stereocenters. The molecule has 0 N–H and O–H groups in total. The molecule has 0 aliphatic heterocycles. The van der Waals surface area contributed by atoms with Crippen LogP contribution in [0.1, 0.15) is 27.7 Å². The lowest BCUT2D eigenvalue weighted by Crippen LogP contribution is -2.20. The number of rotatable bonds is 2. The van der Waals surface area contributed by atoms with Crippen molar-refractivity contribution >= 4 is 33.1 Å². The Bertz CT molecular complexity index is 814. The highest BCUT2D eigenvalue weighted by Crippen LogP contribution is 2.27. The summed E-state index contributed by atoms with van der Waals surface area (Å²) in [5.74, 6) is -0.0714. The highest BCUT2D eigenvalue weighted by molar-refractivity contribution is 7.90. The molecule has 0 heterocycles.